The van der Waals surface area contributed by atoms with Gasteiger partial charge in [-0.1, -0.05) is 0 Å². The van der Waals surface area contributed by atoms with E-state index in [0.717, 1.165) is 47.7 Å². The minimum atomic E-state index is -4.77. The van der Waals surface area contributed by atoms with E-state index in [1.165, 1.54) is 26.4 Å². The predicted octanol–water partition coefficient (Wildman–Crippen LogP) is 6.70. The number of hydrogen-bond donors (Lipinski definition) is 5. The number of amides is 3. The van der Waals surface area contributed by atoms with E-state index in [-0.39, 0.29) is 56.0 Å². The van der Waals surface area contributed by atoms with Gasteiger partial charge in [0.15, 0.2) is 11.6 Å². The first-order valence-corrected chi connectivity index (χ1v) is 27.8. The SMILES string of the molecule is COCC1(C(=O)Nc2ccc(O)c(C(F)(F)F)c2)CCN(CC(=O)N2CCN(c3ccc(-c4ncccn4)cc3)CC2)C1.COCC1(C(=O)O)CCN(CC(=O)N2CCN(c3ccc(-c4ncccn4)cc3)CC2)C1.Nc1ccc(O)c(C(F)(F)F)c1. The zero-order valence-corrected chi connectivity index (χ0v) is 47.9. The zero-order chi connectivity index (χ0) is 62.5. The van der Waals surface area contributed by atoms with E-state index in [2.05, 4.69) is 47.2 Å². The van der Waals surface area contributed by atoms with E-state index in [4.69, 9.17) is 20.3 Å². The van der Waals surface area contributed by atoms with E-state index < -0.39 is 57.7 Å². The largest absolute Gasteiger partial charge is 0.507 e. The Kier molecular flexibility index (Phi) is 20.9. The summed E-state index contributed by atoms with van der Waals surface area (Å²) in [5, 5.41) is 30.5. The highest BCUT2D eigenvalue weighted by molar-refractivity contribution is 5.96. The molecule has 4 saturated heterocycles. The van der Waals surface area contributed by atoms with Crippen LogP contribution in [0.4, 0.5) is 49.1 Å². The maximum absolute atomic E-state index is 13.3. The summed E-state index contributed by atoms with van der Waals surface area (Å²) in [5.41, 5.74) is 4.77. The number of carboxylic acids is 1. The number of aromatic nitrogens is 4. The van der Waals surface area contributed by atoms with Crippen molar-refractivity contribution in [3.05, 3.63) is 133 Å². The number of piperazine rings is 2. The maximum atomic E-state index is 13.3. The van der Waals surface area contributed by atoms with Crippen LogP contribution in [0.2, 0.25) is 0 Å². The first kappa shape index (κ1) is 64.3. The van der Waals surface area contributed by atoms with Crippen LogP contribution >= 0.6 is 0 Å². The number of aliphatic carboxylic acids is 1. The quantitative estimate of drug-likeness (QED) is 0.0407. The van der Waals surface area contributed by atoms with Gasteiger partial charge in [-0.05, 0) is 123 Å². The number of benzene rings is 4. The molecule has 4 aliphatic rings. The average molecular weight is 1220 g/mol. The Morgan fingerprint density at radius 2 is 0.966 bits per heavy atom. The molecule has 21 nitrogen and oxygen atoms in total. The second kappa shape index (κ2) is 28.2. The molecule has 87 heavy (non-hydrogen) atoms. The Labute approximate surface area is 498 Å². The van der Waals surface area contributed by atoms with Gasteiger partial charge in [0.25, 0.3) is 0 Å². The molecule has 2 aromatic heterocycles. The second-order valence-corrected chi connectivity index (χ2v) is 21.6. The van der Waals surface area contributed by atoms with Crippen LogP contribution in [0.5, 0.6) is 11.5 Å². The molecular formula is C60H68F6N12O9. The van der Waals surface area contributed by atoms with Crippen LogP contribution in [-0.2, 0) is 41.0 Å². The van der Waals surface area contributed by atoms with Crippen molar-refractivity contribution in [1.82, 2.24) is 39.5 Å². The maximum Gasteiger partial charge on any atom is 0.420 e. The third kappa shape index (κ3) is 16.5. The van der Waals surface area contributed by atoms with Gasteiger partial charge in [0.2, 0.25) is 17.7 Å². The Morgan fingerprint density at radius 3 is 1.38 bits per heavy atom. The smallest absolute Gasteiger partial charge is 0.420 e. The van der Waals surface area contributed by atoms with E-state index in [9.17, 15) is 55.7 Å². The second-order valence-electron chi connectivity index (χ2n) is 21.6. The van der Waals surface area contributed by atoms with Gasteiger partial charge in [0.1, 0.15) is 16.9 Å². The molecule has 3 amide bonds. The lowest BCUT2D eigenvalue weighted by atomic mass is 9.86. The number of ether oxygens (including phenoxy) is 2. The number of nitrogens with zero attached hydrogens (tertiary/aromatic N) is 10. The Morgan fingerprint density at radius 1 is 0.563 bits per heavy atom. The molecule has 0 saturated carbocycles. The van der Waals surface area contributed by atoms with Crippen molar-refractivity contribution < 1.29 is 70.3 Å². The van der Waals surface area contributed by atoms with Crippen molar-refractivity contribution in [2.45, 2.75) is 25.2 Å². The van der Waals surface area contributed by atoms with Crippen LogP contribution in [-0.4, -0.2) is 198 Å². The van der Waals surface area contributed by atoms with Crippen molar-refractivity contribution in [3.63, 3.8) is 0 Å². The van der Waals surface area contributed by atoms with Crippen molar-refractivity contribution in [2.24, 2.45) is 10.8 Å². The fourth-order valence-electron chi connectivity index (χ4n) is 10.9. The molecular weight excluding hydrogens is 1150 g/mol. The number of halogens is 6. The normalized spacial score (nSPS) is 19.2. The van der Waals surface area contributed by atoms with Crippen molar-refractivity contribution in [1.29, 1.82) is 0 Å². The summed E-state index contributed by atoms with van der Waals surface area (Å²) in [6, 6.07) is 25.4. The van der Waals surface area contributed by atoms with Gasteiger partial charge >= 0.3 is 18.3 Å². The van der Waals surface area contributed by atoms with Crippen molar-refractivity contribution in [2.75, 3.05) is 140 Å². The number of hydrogen-bond acceptors (Lipinski definition) is 17. The van der Waals surface area contributed by atoms with Crippen LogP contribution in [0.15, 0.2) is 122 Å². The minimum Gasteiger partial charge on any atom is -0.507 e. The van der Waals surface area contributed by atoms with Crippen LogP contribution in [0, 0.1) is 10.8 Å². The summed E-state index contributed by atoms with van der Waals surface area (Å²) >= 11 is 0. The molecule has 6 N–H and O–H groups in total. The third-order valence-corrected chi connectivity index (χ3v) is 15.6. The molecule has 0 spiro atoms. The summed E-state index contributed by atoms with van der Waals surface area (Å²) in [4.78, 5) is 80.1. The van der Waals surface area contributed by atoms with Crippen LogP contribution < -0.4 is 20.9 Å². The fourth-order valence-corrected chi connectivity index (χ4v) is 10.9. The topological polar surface area (TPSA) is 256 Å². The van der Waals surface area contributed by atoms with Gasteiger partial charge < -0.3 is 55.4 Å². The molecule has 6 aromatic rings. The highest BCUT2D eigenvalue weighted by Gasteiger charge is 2.47. The number of nitrogens with one attached hydrogen (secondary N) is 1. The molecule has 4 aromatic carbocycles. The molecule has 2 atom stereocenters. The van der Waals surface area contributed by atoms with Crippen LogP contribution in [0.1, 0.15) is 24.0 Å². The summed E-state index contributed by atoms with van der Waals surface area (Å²) in [7, 11) is 2.97. The summed E-state index contributed by atoms with van der Waals surface area (Å²) in [6.45, 7) is 7.51. The molecule has 6 heterocycles. The summed E-state index contributed by atoms with van der Waals surface area (Å²) < 4.78 is 86.2. The van der Waals surface area contributed by atoms with E-state index in [1.807, 2.05) is 56.0 Å². The number of alkyl halides is 6. The molecule has 464 valence electrons. The number of nitrogens with two attached hydrogens (primary N) is 1. The molecule has 4 fully saturated rings. The van der Waals surface area contributed by atoms with Crippen molar-refractivity contribution in [3.8, 4) is 34.3 Å². The number of nitrogen functional groups attached to an aromatic ring is 1. The number of carbonyl (C=O) groups excluding carboxylic acids is 3. The molecule has 0 radical (unpaired) electrons. The highest BCUT2D eigenvalue weighted by Crippen LogP contribution is 2.40. The van der Waals surface area contributed by atoms with E-state index in [0.29, 0.717) is 95.5 Å². The number of carbonyl (C=O) groups is 4. The first-order valence-electron chi connectivity index (χ1n) is 27.8. The van der Waals surface area contributed by atoms with Gasteiger partial charge in [0.05, 0.1) is 42.8 Å². The number of phenolic OH excluding ortho intramolecular Hbond substituents is 2. The molecule has 2 unspecified atom stereocenters. The Hall–Kier alpha value is -8.66. The molecule has 0 aliphatic carbocycles. The number of methoxy groups -OCH3 is 2. The van der Waals surface area contributed by atoms with Crippen LogP contribution in [0.3, 0.4) is 0 Å². The first-order chi connectivity index (χ1) is 41.5. The predicted molar refractivity (Wildman–Crippen MR) is 310 cm³/mol. The molecule has 10 rings (SSSR count). The number of aromatic hydroxyl groups is 2. The van der Waals surface area contributed by atoms with E-state index in [1.54, 1.807) is 36.9 Å². The van der Waals surface area contributed by atoms with Gasteiger partial charge in [-0.15, -0.1) is 0 Å². The van der Waals surface area contributed by atoms with Gasteiger partial charge in [0, 0.05) is 138 Å². The number of carboxylic acid groups (broad SMARTS) is 1. The summed E-state index contributed by atoms with van der Waals surface area (Å²) in [5.74, 6) is -1.70. The van der Waals surface area contributed by atoms with Crippen LogP contribution in [0.25, 0.3) is 22.8 Å². The van der Waals surface area contributed by atoms with E-state index >= 15 is 0 Å². The lowest BCUT2D eigenvalue weighted by molar-refractivity contribution is -0.151. The third-order valence-electron chi connectivity index (χ3n) is 15.6. The molecule has 0 bridgehead atoms. The number of rotatable bonds is 15. The lowest BCUT2D eigenvalue weighted by Gasteiger charge is -2.37. The minimum absolute atomic E-state index is 0.0277. The Bertz CT molecular complexity index is 3290. The standard InChI is InChI=1S/C30H33F3N6O4.C23H29N5O4.C7H6F3NO/c1-43-20-29(28(42)36-22-5-8-25(40)24(17-22)30(31,32)33)9-12-37(19-29)18-26(41)39-15-13-38(14-16-39)23-6-3-21(4-7-23)27-34-10-2-11-35-27;1-32-17-23(22(30)31)7-10-26(16-23)15-20(29)28-13-11-27(12-14-28)19-5-3-18(4-6-19)21-24-8-2-9-25-21;8-7(9,10)5-3-4(11)1-2-6(5)12/h2-8,10-11,17,40H,9,12-16,18-20H2,1H3,(H,36,42);2-6,8-9H,7,10-17H2,1H3,(H,30,31);1-3,12H,11H2. The number of likely N-dealkylation sites (tertiary alicyclic amines) is 2. The van der Waals surface area contributed by atoms with Gasteiger partial charge in [-0.3, -0.25) is 29.0 Å². The van der Waals surface area contributed by atoms with Crippen molar-refractivity contribution >= 4 is 46.4 Å². The monoisotopic (exact) mass is 1210 g/mol. The number of anilines is 4. The lowest BCUT2D eigenvalue weighted by Crippen LogP contribution is -2.51. The van der Waals surface area contributed by atoms with Gasteiger partial charge in [-0.2, -0.15) is 26.3 Å². The highest BCUT2D eigenvalue weighted by atomic mass is 19.4. The molecule has 4 aliphatic heterocycles. The summed E-state index contributed by atoms with van der Waals surface area (Å²) in [6.07, 6.45) is -1.58. The zero-order valence-electron chi connectivity index (χ0n) is 47.9. The molecule has 27 heteroatoms. The average Bonchev–Trinajstić information content (AvgIpc) is 3.07. The fraction of sp³-hybridized carbons (Fsp3) is 0.400. The Balaban J connectivity index is 0.000000195. The number of phenols is 2. The van der Waals surface area contributed by atoms with Gasteiger partial charge in [-0.25, -0.2) is 19.9 Å².